The zero-order chi connectivity index (χ0) is 16.3. The first kappa shape index (κ1) is 15.9. The summed E-state index contributed by atoms with van der Waals surface area (Å²) in [6.45, 7) is 1.61. The van der Waals surface area contributed by atoms with Gasteiger partial charge in [0.25, 0.3) is 11.6 Å². The largest absolute Gasteiger partial charge is 0.481 e. The van der Waals surface area contributed by atoms with Gasteiger partial charge in [0.05, 0.1) is 22.1 Å². The van der Waals surface area contributed by atoms with Crippen molar-refractivity contribution >= 4 is 17.6 Å². The second kappa shape index (κ2) is 6.50. The van der Waals surface area contributed by atoms with E-state index in [0.717, 1.165) is 6.20 Å². The van der Waals surface area contributed by atoms with Crippen LogP contribution in [0.2, 0.25) is 0 Å². The van der Waals surface area contributed by atoms with Gasteiger partial charge in [-0.2, -0.15) is 0 Å². The van der Waals surface area contributed by atoms with Crippen molar-refractivity contribution in [3.05, 3.63) is 33.6 Å². The summed E-state index contributed by atoms with van der Waals surface area (Å²) in [5.74, 6) is -1.56. The van der Waals surface area contributed by atoms with Gasteiger partial charge in [-0.15, -0.1) is 0 Å². The summed E-state index contributed by atoms with van der Waals surface area (Å²) >= 11 is 0. The molecule has 1 aliphatic carbocycles. The van der Waals surface area contributed by atoms with Gasteiger partial charge in [0.2, 0.25) is 0 Å². The second-order valence-corrected chi connectivity index (χ2v) is 5.44. The quantitative estimate of drug-likeness (QED) is 0.644. The highest BCUT2D eigenvalue weighted by atomic mass is 16.6. The van der Waals surface area contributed by atoms with E-state index in [4.69, 9.17) is 5.11 Å². The Morgan fingerprint density at radius 2 is 2.00 bits per heavy atom. The third-order valence-corrected chi connectivity index (χ3v) is 3.94. The first-order chi connectivity index (χ1) is 10.4. The van der Waals surface area contributed by atoms with E-state index in [1.54, 1.807) is 6.92 Å². The van der Waals surface area contributed by atoms with Crippen LogP contribution >= 0.6 is 0 Å². The number of hydrogen-bond acceptors (Lipinski definition) is 5. The van der Waals surface area contributed by atoms with Crippen molar-refractivity contribution in [2.24, 2.45) is 5.92 Å². The van der Waals surface area contributed by atoms with Crippen LogP contribution < -0.4 is 5.32 Å². The Morgan fingerprint density at radius 3 is 2.55 bits per heavy atom. The topological polar surface area (TPSA) is 122 Å². The number of nitrogens with zero attached hydrogens (tertiary/aromatic N) is 2. The minimum Gasteiger partial charge on any atom is -0.481 e. The highest BCUT2D eigenvalue weighted by Gasteiger charge is 2.27. The van der Waals surface area contributed by atoms with E-state index in [2.05, 4.69) is 10.3 Å². The summed E-state index contributed by atoms with van der Waals surface area (Å²) < 4.78 is 0. The average Bonchev–Trinajstić information content (AvgIpc) is 2.47. The molecule has 1 fully saturated rings. The highest BCUT2D eigenvalue weighted by molar-refractivity contribution is 5.96. The van der Waals surface area contributed by atoms with Crippen LogP contribution in [-0.4, -0.2) is 32.9 Å². The van der Waals surface area contributed by atoms with Crippen molar-refractivity contribution < 1.29 is 19.6 Å². The molecule has 8 heteroatoms. The molecule has 22 heavy (non-hydrogen) atoms. The lowest BCUT2D eigenvalue weighted by Gasteiger charge is -2.26. The molecule has 1 aromatic heterocycles. The number of pyridine rings is 1. The Kier molecular flexibility index (Phi) is 4.69. The zero-order valence-electron chi connectivity index (χ0n) is 12.1. The van der Waals surface area contributed by atoms with Crippen molar-refractivity contribution in [1.29, 1.82) is 0 Å². The van der Waals surface area contributed by atoms with E-state index in [1.807, 2.05) is 0 Å². The molecule has 2 rings (SSSR count). The van der Waals surface area contributed by atoms with Crippen molar-refractivity contribution in [1.82, 2.24) is 10.3 Å². The van der Waals surface area contributed by atoms with Gasteiger partial charge >= 0.3 is 5.97 Å². The number of nitrogens with one attached hydrogen (secondary N) is 1. The minimum atomic E-state index is -0.802. The molecule has 0 bridgehead atoms. The number of carbonyl (C=O) groups is 2. The summed E-state index contributed by atoms with van der Waals surface area (Å²) in [6.07, 6.45) is 3.33. The fraction of sp³-hybridized carbons (Fsp3) is 0.500. The predicted octanol–water partition coefficient (Wildman–Crippen LogP) is 1.67. The molecule has 1 aromatic rings. The number of carboxylic acids is 1. The van der Waals surface area contributed by atoms with Gasteiger partial charge in [-0.3, -0.25) is 24.7 Å². The third-order valence-electron chi connectivity index (χ3n) is 3.94. The molecule has 2 N–H and O–H groups in total. The van der Waals surface area contributed by atoms with Crippen LogP contribution in [0.4, 0.5) is 5.69 Å². The van der Waals surface area contributed by atoms with Crippen molar-refractivity contribution in [2.75, 3.05) is 0 Å². The Morgan fingerprint density at radius 1 is 1.36 bits per heavy atom. The zero-order valence-corrected chi connectivity index (χ0v) is 12.1. The van der Waals surface area contributed by atoms with Crippen LogP contribution in [0.1, 0.15) is 41.7 Å². The fourth-order valence-electron chi connectivity index (χ4n) is 2.60. The molecule has 0 aromatic carbocycles. The third kappa shape index (κ3) is 3.57. The number of aromatic nitrogens is 1. The van der Waals surface area contributed by atoms with Crippen molar-refractivity contribution in [3.63, 3.8) is 0 Å². The van der Waals surface area contributed by atoms with Gasteiger partial charge in [0.15, 0.2) is 0 Å². The molecule has 1 heterocycles. The maximum atomic E-state index is 12.2. The van der Waals surface area contributed by atoms with Crippen LogP contribution in [0.5, 0.6) is 0 Å². The summed E-state index contributed by atoms with van der Waals surface area (Å²) in [4.78, 5) is 37.2. The maximum Gasteiger partial charge on any atom is 0.306 e. The number of carboxylic acid groups (broad SMARTS) is 1. The fourth-order valence-corrected chi connectivity index (χ4v) is 2.60. The first-order valence-corrected chi connectivity index (χ1v) is 7.03. The van der Waals surface area contributed by atoms with E-state index < -0.39 is 16.8 Å². The molecule has 1 amide bonds. The molecule has 118 valence electrons. The van der Waals surface area contributed by atoms with E-state index in [9.17, 15) is 19.7 Å². The molecule has 0 saturated heterocycles. The van der Waals surface area contributed by atoms with Gasteiger partial charge in [-0.1, -0.05) is 0 Å². The summed E-state index contributed by atoms with van der Waals surface area (Å²) in [7, 11) is 0. The van der Waals surface area contributed by atoms with E-state index in [1.165, 1.54) is 6.07 Å². The minimum absolute atomic E-state index is 0.109. The van der Waals surface area contributed by atoms with Gasteiger partial charge in [-0.25, -0.2) is 0 Å². The van der Waals surface area contributed by atoms with Crippen molar-refractivity contribution in [2.45, 2.75) is 38.6 Å². The number of aliphatic carboxylic acids is 1. The van der Waals surface area contributed by atoms with Crippen LogP contribution in [0.3, 0.4) is 0 Å². The summed E-state index contributed by atoms with van der Waals surface area (Å²) in [6, 6.07) is 1.10. The number of aryl methyl sites for hydroxylation is 1. The van der Waals surface area contributed by atoms with Gasteiger partial charge in [-0.05, 0) is 32.6 Å². The molecule has 0 spiro atoms. The number of amides is 1. The van der Waals surface area contributed by atoms with E-state index in [0.29, 0.717) is 31.4 Å². The molecular formula is C14H17N3O5. The SMILES string of the molecule is Cc1ncc([N+](=O)[O-])cc1C(=O)NC1CCC(C(=O)O)CC1. The standard InChI is InChI=1S/C14H17N3O5/c1-8-12(6-11(7-15-8)17(21)22)13(18)16-10-4-2-9(3-5-10)14(19)20/h6-7,9-10H,2-5H2,1H3,(H,16,18)(H,19,20). The van der Waals surface area contributed by atoms with E-state index in [-0.39, 0.29) is 23.2 Å². The first-order valence-electron chi connectivity index (χ1n) is 7.03. The van der Waals surface area contributed by atoms with Gasteiger partial charge < -0.3 is 10.4 Å². The number of nitro groups is 1. The van der Waals surface area contributed by atoms with Gasteiger partial charge in [0.1, 0.15) is 6.20 Å². The second-order valence-electron chi connectivity index (χ2n) is 5.44. The van der Waals surface area contributed by atoms with Crippen LogP contribution in [0, 0.1) is 23.0 Å². The smallest absolute Gasteiger partial charge is 0.306 e. The Balaban J connectivity index is 2.03. The summed E-state index contributed by atoms with van der Waals surface area (Å²) in [5.41, 5.74) is 0.363. The molecule has 0 radical (unpaired) electrons. The molecule has 1 aliphatic rings. The van der Waals surface area contributed by atoms with Gasteiger partial charge in [0, 0.05) is 12.1 Å². The summed E-state index contributed by atoms with van der Waals surface area (Å²) in [5, 5.41) is 22.5. The Labute approximate surface area is 126 Å². The lowest BCUT2D eigenvalue weighted by molar-refractivity contribution is -0.385. The highest BCUT2D eigenvalue weighted by Crippen LogP contribution is 2.25. The van der Waals surface area contributed by atoms with Crippen molar-refractivity contribution in [3.8, 4) is 0 Å². The van der Waals surface area contributed by atoms with Crippen LogP contribution in [0.25, 0.3) is 0 Å². The normalized spacial score (nSPS) is 21.1. The Bertz CT molecular complexity index is 608. The number of carbonyl (C=O) groups excluding carboxylic acids is 1. The maximum absolute atomic E-state index is 12.2. The predicted molar refractivity (Wildman–Crippen MR) is 76.5 cm³/mol. The number of hydrogen-bond donors (Lipinski definition) is 2. The molecule has 8 nitrogen and oxygen atoms in total. The lowest BCUT2D eigenvalue weighted by Crippen LogP contribution is -2.39. The lowest BCUT2D eigenvalue weighted by atomic mass is 9.86. The van der Waals surface area contributed by atoms with Crippen LogP contribution in [-0.2, 0) is 4.79 Å². The Hall–Kier alpha value is -2.51. The number of rotatable bonds is 4. The monoisotopic (exact) mass is 307 g/mol. The molecule has 0 unspecified atom stereocenters. The molecule has 0 atom stereocenters. The molecule has 0 aliphatic heterocycles. The molecular weight excluding hydrogens is 290 g/mol. The van der Waals surface area contributed by atoms with Crippen LogP contribution in [0.15, 0.2) is 12.3 Å². The van der Waals surface area contributed by atoms with E-state index >= 15 is 0 Å². The average molecular weight is 307 g/mol. The molecule has 1 saturated carbocycles.